The molecule has 1 rings (SSSR count). The molecule has 0 amide bonds. The smallest absolute Gasteiger partial charge is 0.303 e. The van der Waals surface area contributed by atoms with Gasteiger partial charge in [0.1, 0.15) is 0 Å². The Hall–Kier alpha value is -0.900. The molecule has 0 aliphatic carbocycles. The van der Waals surface area contributed by atoms with Crippen LogP contribution < -0.4 is 0 Å². The predicted molar refractivity (Wildman–Crippen MR) is 36.9 cm³/mol. The fourth-order valence-electron chi connectivity index (χ4n) is 0.555. The molecule has 0 aromatic carbocycles. The molecule has 10 heavy (non-hydrogen) atoms. The number of nitrogens with zero attached hydrogens (tertiary/aromatic N) is 1. The summed E-state index contributed by atoms with van der Waals surface area (Å²) in [5.41, 5.74) is 2.65. The molecule has 1 aromatic heterocycles. The highest BCUT2D eigenvalue weighted by molar-refractivity contribution is 7.09. The van der Waals surface area contributed by atoms with Crippen LogP contribution in [0.4, 0.5) is 0 Å². The number of aryl methyl sites for hydroxylation is 1. The number of aromatic nitrogens is 1. The molecule has 0 atom stereocenters. The lowest BCUT2D eigenvalue weighted by Gasteiger charge is -1.88. The van der Waals surface area contributed by atoms with Crippen molar-refractivity contribution in [2.75, 3.05) is 0 Å². The van der Waals surface area contributed by atoms with E-state index in [9.17, 15) is 4.79 Å². The normalized spacial score (nSPS) is 9.60. The van der Waals surface area contributed by atoms with Crippen LogP contribution in [0.2, 0.25) is 0 Å². The summed E-state index contributed by atoms with van der Waals surface area (Å²) in [6.07, 6.45) is 2.39. The topological polar surface area (TPSA) is 50.2 Å². The van der Waals surface area contributed by atoms with E-state index in [2.05, 4.69) is 10.5 Å². The average Bonchev–Trinajstić information content (AvgIpc) is 2.34. The van der Waals surface area contributed by atoms with Crippen LogP contribution >= 0.6 is 11.3 Å². The number of rotatable bonds is 3. The van der Waals surface area contributed by atoms with Crippen molar-refractivity contribution in [3.05, 3.63) is 16.6 Å². The molecule has 0 spiro atoms. The highest BCUT2D eigenvalue weighted by Crippen LogP contribution is 2.06. The first-order valence-corrected chi connectivity index (χ1v) is 3.63. The minimum Gasteiger partial charge on any atom is -0.481 e. The highest BCUT2D eigenvalue weighted by Gasteiger charge is 1.99. The van der Waals surface area contributed by atoms with Crippen LogP contribution in [-0.2, 0) is 11.2 Å². The lowest BCUT2D eigenvalue weighted by atomic mass is 10.3. The van der Waals surface area contributed by atoms with Gasteiger partial charge in [0.25, 0.3) is 0 Å². The first-order valence-electron chi connectivity index (χ1n) is 2.81. The first-order chi connectivity index (χ1) is 4.79. The molecular formula is C6H6NO2S. The van der Waals surface area contributed by atoms with Gasteiger partial charge in [0.2, 0.25) is 0 Å². The third-order valence-electron chi connectivity index (χ3n) is 1.02. The SMILES string of the molecule is O=C(O)CCc1cn[c]s1. The molecule has 0 bridgehead atoms. The second-order valence-corrected chi connectivity index (χ2v) is 2.72. The molecule has 0 aliphatic heterocycles. The summed E-state index contributed by atoms with van der Waals surface area (Å²) in [6, 6.07) is 0. The molecule has 0 saturated heterocycles. The van der Waals surface area contributed by atoms with Crippen LogP contribution in [0.3, 0.4) is 0 Å². The maximum Gasteiger partial charge on any atom is 0.303 e. The Morgan fingerprint density at radius 1 is 1.90 bits per heavy atom. The maximum atomic E-state index is 10.1. The number of aliphatic carboxylic acids is 1. The van der Waals surface area contributed by atoms with Crippen LogP contribution in [0, 0.1) is 5.51 Å². The fraction of sp³-hybridized carbons (Fsp3) is 0.333. The van der Waals surface area contributed by atoms with E-state index in [-0.39, 0.29) is 6.42 Å². The zero-order valence-corrected chi connectivity index (χ0v) is 6.02. The third kappa shape index (κ3) is 2.14. The van der Waals surface area contributed by atoms with Gasteiger partial charge in [-0.05, 0) is 6.42 Å². The Bertz CT molecular complexity index is 208. The maximum absolute atomic E-state index is 10.1. The van der Waals surface area contributed by atoms with Gasteiger partial charge >= 0.3 is 5.97 Å². The second-order valence-electron chi connectivity index (χ2n) is 1.81. The fourth-order valence-corrected chi connectivity index (χ4v) is 1.09. The van der Waals surface area contributed by atoms with Crippen LogP contribution in [0.1, 0.15) is 11.3 Å². The summed E-state index contributed by atoms with van der Waals surface area (Å²) in [5.74, 6) is -0.770. The van der Waals surface area contributed by atoms with Gasteiger partial charge in [0.05, 0.1) is 6.42 Å². The highest BCUT2D eigenvalue weighted by atomic mass is 32.1. The van der Waals surface area contributed by atoms with Crippen molar-refractivity contribution in [1.29, 1.82) is 0 Å². The van der Waals surface area contributed by atoms with Crippen molar-refractivity contribution in [3.8, 4) is 0 Å². The van der Waals surface area contributed by atoms with Crippen molar-refractivity contribution < 1.29 is 9.90 Å². The van der Waals surface area contributed by atoms with E-state index in [0.717, 1.165) is 4.88 Å². The lowest BCUT2D eigenvalue weighted by molar-refractivity contribution is -0.136. The third-order valence-corrected chi connectivity index (χ3v) is 1.79. The molecule has 1 radical (unpaired) electrons. The summed E-state index contributed by atoms with van der Waals surface area (Å²) < 4.78 is 0. The minimum atomic E-state index is -0.770. The van der Waals surface area contributed by atoms with Crippen molar-refractivity contribution in [1.82, 2.24) is 4.98 Å². The monoisotopic (exact) mass is 156 g/mol. The Balaban J connectivity index is 2.35. The van der Waals surface area contributed by atoms with E-state index >= 15 is 0 Å². The number of hydrogen-bond donors (Lipinski definition) is 1. The lowest BCUT2D eigenvalue weighted by Crippen LogP contribution is -1.95. The van der Waals surface area contributed by atoms with Crippen molar-refractivity contribution in [3.63, 3.8) is 0 Å². The summed E-state index contributed by atoms with van der Waals surface area (Å²) in [5, 5.41) is 8.29. The Kier molecular flexibility index (Phi) is 2.39. The quantitative estimate of drug-likeness (QED) is 0.709. The molecule has 0 saturated carbocycles. The summed E-state index contributed by atoms with van der Waals surface area (Å²) in [4.78, 5) is 14.7. The largest absolute Gasteiger partial charge is 0.481 e. The molecule has 1 heterocycles. The van der Waals surface area contributed by atoms with E-state index in [1.54, 1.807) is 6.20 Å². The standard InChI is InChI=1S/C6H6NO2S/c8-6(9)2-1-5-3-7-4-10-5/h3H,1-2H2,(H,8,9). The number of carboxylic acids is 1. The van der Waals surface area contributed by atoms with Crippen LogP contribution in [-0.4, -0.2) is 16.1 Å². The Labute approximate surface area is 62.3 Å². The first kappa shape index (κ1) is 7.21. The zero-order valence-electron chi connectivity index (χ0n) is 5.20. The molecule has 53 valence electrons. The number of thiazole rings is 1. The van der Waals surface area contributed by atoms with E-state index in [0.29, 0.717) is 6.42 Å². The van der Waals surface area contributed by atoms with Gasteiger partial charge < -0.3 is 5.11 Å². The second kappa shape index (κ2) is 3.31. The molecule has 1 aromatic rings. The number of carboxylic acid groups (broad SMARTS) is 1. The molecule has 0 aliphatic rings. The zero-order chi connectivity index (χ0) is 7.40. The Morgan fingerprint density at radius 3 is 3.20 bits per heavy atom. The number of carbonyl (C=O) groups is 1. The molecule has 3 nitrogen and oxygen atoms in total. The summed E-state index contributed by atoms with van der Waals surface area (Å²) >= 11 is 1.37. The van der Waals surface area contributed by atoms with Crippen molar-refractivity contribution >= 4 is 17.3 Å². The van der Waals surface area contributed by atoms with Crippen molar-refractivity contribution in [2.45, 2.75) is 12.8 Å². The number of hydrogen-bond acceptors (Lipinski definition) is 3. The van der Waals surface area contributed by atoms with Gasteiger partial charge in [0.15, 0.2) is 5.51 Å². The van der Waals surface area contributed by atoms with Gasteiger partial charge in [-0.3, -0.25) is 4.79 Å². The van der Waals surface area contributed by atoms with Gasteiger partial charge in [-0.2, -0.15) is 0 Å². The van der Waals surface area contributed by atoms with Crippen LogP contribution in [0.5, 0.6) is 0 Å². The van der Waals surface area contributed by atoms with Crippen molar-refractivity contribution in [2.24, 2.45) is 0 Å². The van der Waals surface area contributed by atoms with E-state index < -0.39 is 5.97 Å². The molecule has 0 fully saturated rings. The van der Waals surface area contributed by atoms with Crippen LogP contribution in [0.25, 0.3) is 0 Å². The average molecular weight is 156 g/mol. The van der Waals surface area contributed by atoms with E-state index in [1.165, 1.54) is 11.3 Å². The predicted octanol–water partition coefficient (Wildman–Crippen LogP) is 0.960. The minimum absolute atomic E-state index is 0.177. The molecule has 4 heteroatoms. The van der Waals surface area contributed by atoms with Crippen LogP contribution in [0.15, 0.2) is 6.20 Å². The van der Waals surface area contributed by atoms with Gasteiger partial charge in [-0.25, -0.2) is 4.98 Å². The van der Waals surface area contributed by atoms with Gasteiger partial charge in [-0.1, -0.05) is 0 Å². The van der Waals surface area contributed by atoms with Gasteiger partial charge in [-0.15, -0.1) is 11.3 Å². The van der Waals surface area contributed by atoms with Gasteiger partial charge in [0, 0.05) is 11.1 Å². The molecular weight excluding hydrogens is 150 g/mol. The Morgan fingerprint density at radius 2 is 2.70 bits per heavy atom. The summed E-state index contributed by atoms with van der Waals surface area (Å²) in [6.45, 7) is 0. The van der Waals surface area contributed by atoms with E-state index in [1.807, 2.05) is 0 Å². The molecule has 1 N–H and O–H groups in total. The molecule has 0 unspecified atom stereocenters. The summed E-state index contributed by atoms with van der Waals surface area (Å²) in [7, 11) is 0. The van der Waals surface area contributed by atoms with E-state index in [4.69, 9.17) is 5.11 Å².